The van der Waals surface area contributed by atoms with Gasteiger partial charge in [-0.1, -0.05) is 26.8 Å². The van der Waals surface area contributed by atoms with Gasteiger partial charge in [-0.2, -0.15) is 13.2 Å². The molecule has 0 aliphatic heterocycles. The molecule has 0 saturated carbocycles. The van der Waals surface area contributed by atoms with Crippen LogP contribution in [0.2, 0.25) is 0 Å². The molecule has 23 heavy (non-hydrogen) atoms. The summed E-state index contributed by atoms with van der Waals surface area (Å²) in [5, 5.41) is 0. The summed E-state index contributed by atoms with van der Waals surface area (Å²) in [5.74, 6) is -0.961. The number of hydrogen-bond donors (Lipinski definition) is 0. The van der Waals surface area contributed by atoms with Crippen LogP contribution >= 0.6 is 0 Å². The summed E-state index contributed by atoms with van der Waals surface area (Å²) in [6.45, 7) is 6.01. The number of nitrogens with zero attached hydrogens (tertiary/aromatic N) is 1. The van der Waals surface area contributed by atoms with Crippen molar-refractivity contribution in [2.24, 2.45) is 0 Å². The Bertz CT molecular complexity index is 718. The number of benzene rings is 1. The molecule has 0 amide bonds. The van der Waals surface area contributed by atoms with Gasteiger partial charge in [0.2, 0.25) is 0 Å². The maximum absolute atomic E-state index is 13.8. The van der Waals surface area contributed by atoms with Crippen LogP contribution in [0.1, 0.15) is 32.0 Å². The van der Waals surface area contributed by atoms with Gasteiger partial charge in [0.05, 0.1) is 7.11 Å². The van der Waals surface area contributed by atoms with Crippen LogP contribution in [0.4, 0.5) is 17.6 Å². The third-order valence-corrected chi connectivity index (χ3v) is 3.49. The lowest BCUT2D eigenvalue weighted by Gasteiger charge is -2.21. The van der Waals surface area contributed by atoms with Crippen molar-refractivity contribution in [3.63, 3.8) is 0 Å². The molecule has 0 bridgehead atoms. The average Bonchev–Trinajstić information content (AvgIpc) is 2.44. The highest BCUT2D eigenvalue weighted by atomic mass is 19.4. The zero-order chi connectivity index (χ0) is 17.4. The third kappa shape index (κ3) is 3.63. The Morgan fingerprint density at radius 2 is 1.70 bits per heavy atom. The number of hydrogen-bond acceptors (Lipinski definition) is 2. The number of methoxy groups -OCH3 is 1. The molecular weight excluding hydrogens is 310 g/mol. The largest absolute Gasteiger partial charge is 0.496 e. The van der Waals surface area contributed by atoms with Gasteiger partial charge in [-0.15, -0.1) is 0 Å². The van der Waals surface area contributed by atoms with E-state index in [2.05, 4.69) is 4.98 Å². The van der Waals surface area contributed by atoms with Gasteiger partial charge < -0.3 is 4.74 Å². The Hall–Kier alpha value is -2.11. The molecule has 1 aromatic carbocycles. The van der Waals surface area contributed by atoms with E-state index in [0.29, 0.717) is 11.3 Å². The Kier molecular flexibility index (Phi) is 4.37. The zero-order valence-electron chi connectivity index (χ0n) is 13.3. The minimum absolute atomic E-state index is 0.168. The van der Waals surface area contributed by atoms with Crippen molar-refractivity contribution in [2.45, 2.75) is 32.4 Å². The van der Waals surface area contributed by atoms with E-state index in [4.69, 9.17) is 4.74 Å². The molecule has 2 rings (SSSR count). The Morgan fingerprint density at radius 1 is 1.04 bits per heavy atom. The van der Waals surface area contributed by atoms with Crippen LogP contribution < -0.4 is 4.74 Å². The topological polar surface area (TPSA) is 22.1 Å². The number of alkyl halides is 3. The van der Waals surface area contributed by atoms with Gasteiger partial charge >= 0.3 is 6.18 Å². The van der Waals surface area contributed by atoms with Crippen molar-refractivity contribution < 1.29 is 22.3 Å². The highest BCUT2D eigenvalue weighted by Crippen LogP contribution is 2.36. The molecule has 0 saturated heterocycles. The van der Waals surface area contributed by atoms with Crippen molar-refractivity contribution in [3.05, 3.63) is 47.5 Å². The summed E-state index contributed by atoms with van der Waals surface area (Å²) in [7, 11) is 1.45. The average molecular weight is 327 g/mol. The van der Waals surface area contributed by atoms with E-state index in [-0.39, 0.29) is 11.0 Å². The van der Waals surface area contributed by atoms with Crippen molar-refractivity contribution in [2.75, 3.05) is 7.11 Å². The number of halogens is 4. The van der Waals surface area contributed by atoms with Gasteiger partial charge in [0.15, 0.2) is 11.5 Å². The fourth-order valence-corrected chi connectivity index (χ4v) is 2.19. The molecule has 0 N–H and O–H groups in total. The summed E-state index contributed by atoms with van der Waals surface area (Å²) in [5.41, 5.74) is -0.00174. The predicted octanol–water partition coefficient (Wildman–Crippen LogP) is 5.21. The van der Waals surface area contributed by atoms with Crippen molar-refractivity contribution in [1.29, 1.82) is 0 Å². The van der Waals surface area contributed by atoms with E-state index in [1.165, 1.54) is 7.11 Å². The van der Waals surface area contributed by atoms with Gasteiger partial charge in [-0.3, -0.25) is 0 Å². The molecule has 1 aromatic heterocycles. The maximum Gasteiger partial charge on any atom is 0.436 e. The summed E-state index contributed by atoms with van der Waals surface area (Å²) >= 11 is 0. The van der Waals surface area contributed by atoms with Gasteiger partial charge in [0, 0.05) is 17.3 Å². The van der Waals surface area contributed by atoms with Gasteiger partial charge in [-0.25, -0.2) is 9.37 Å². The lowest BCUT2D eigenvalue weighted by atomic mass is 9.85. The van der Waals surface area contributed by atoms with E-state index < -0.39 is 17.7 Å². The fourth-order valence-electron chi connectivity index (χ4n) is 2.19. The molecule has 0 radical (unpaired) electrons. The van der Waals surface area contributed by atoms with Crippen LogP contribution in [0.25, 0.3) is 11.1 Å². The van der Waals surface area contributed by atoms with E-state index in [0.717, 1.165) is 17.8 Å². The first-order valence-corrected chi connectivity index (χ1v) is 6.95. The maximum atomic E-state index is 13.8. The SMILES string of the molecule is COc1ccc(C(C)(C)C)cc1-c1cnc(C(F)(F)F)c(F)c1. The van der Waals surface area contributed by atoms with Gasteiger partial charge in [0.25, 0.3) is 0 Å². The minimum Gasteiger partial charge on any atom is -0.496 e. The van der Waals surface area contributed by atoms with Crippen LogP contribution in [0.15, 0.2) is 30.5 Å². The lowest BCUT2D eigenvalue weighted by molar-refractivity contribution is -0.143. The summed E-state index contributed by atoms with van der Waals surface area (Å²) < 4.78 is 56.9. The lowest BCUT2D eigenvalue weighted by Crippen LogP contribution is -2.12. The van der Waals surface area contributed by atoms with Crippen molar-refractivity contribution in [1.82, 2.24) is 4.98 Å². The molecule has 0 atom stereocenters. The molecular formula is C17H17F4NO. The van der Waals surface area contributed by atoms with Crippen LogP contribution in [0.3, 0.4) is 0 Å². The van der Waals surface area contributed by atoms with Crippen LogP contribution in [0.5, 0.6) is 5.75 Å². The molecule has 0 aliphatic rings. The monoisotopic (exact) mass is 327 g/mol. The van der Waals surface area contributed by atoms with E-state index >= 15 is 0 Å². The highest BCUT2D eigenvalue weighted by molar-refractivity contribution is 5.71. The molecule has 0 aliphatic carbocycles. The third-order valence-electron chi connectivity index (χ3n) is 3.49. The van der Waals surface area contributed by atoms with E-state index in [1.54, 1.807) is 12.1 Å². The first-order chi connectivity index (χ1) is 10.5. The molecule has 0 fully saturated rings. The summed E-state index contributed by atoms with van der Waals surface area (Å²) in [6.07, 6.45) is -3.81. The summed E-state index contributed by atoms with van der Waals surface area (Å²) in [6, 6.07) is 6.20. The van der Waals surface area contributed by atoms with Crippen LogP contribution in [0, 0.1) is 5.82 Å². The van der Waals surface area contributed by atoms with Crippen molar-refractivity contribution >= 4 is 0 Å². The van der Waals surface area contributed by atoms with E-state index in [1.807, 2.05) is 26.8 Å². The normalized spacial score (nSPS) is 12.3. The van der Waals surface area contributed by atoms with Crippen LogP contribution in [-0.2, 0) is 11.6 Å². The molecule has 6 heteroatoms. The Labute approximate surface area is 132 Å². The highest BCUT2D eigenvalue weighted by Gasteiger charge is 2.36. The molecule has 2 nitrogen and oxygen atoms in total. The number of aromatic nitrogens is 1. The smallest absolute Gasteiger partial charge is 0.436 e. The molecule has 124 valence electrons. The predicted molar refractivity (Wildman–Crippen MR) is 79.9 cm³/mol. The summed E-state index contributed by atoms with van der Waals surface area (Å²) in [4.78, 5) is 3.24. The minimum atomic E-state index is -4.82. The van der Waals surface area contributed by atoms with Crippen molar-refractivity contribution in [3.8, 4) is 16.9 Å². The standard InChI is InChI=1S/C17H17F4NO/c1-16(2,3)11-5-6-14(23-4)12(8-11)10-7-13(18)15(22-9-10)17(19,20)21/h5-9H,1-4H3. The molecule has 1 heterocycles. The number of ether oxygens (including phenoxy) is 1. The first kappa shape index (κ1) is 17.2. The molecule has 2 aromatic rings. The molecule has 0 unspecified atom stereocenters. The molecule has 0 spiro atoms. The first-order valence-electron chi connectivity index (χ1n) is 6.95. The van der Waals surface area contributed by atoms with E-state index in [9.17, 15) is 17.6 Å². The second-order valence-corrected chi connectivity index (χ2v) is 6.22. The second kappa shape index (κ2) is 5.83. The Balaban J connectivity index is 2.59. The fraction of sp³-hybridized carbons (Fsp3) is 0.353. The van der Waals surface area contributed by atoms with Gasteiger partial charge in [0.1, 0.15) is 5.75 Å². The van der Waals surface area contributed by atoms with Crippen LogP contribution in [-0.4, -0.2) is 12.1 Å². The zero-order valence-corrected chi connectivity index (χ0v) is 13.3. The quantitative estimate of drug-likeness (QED) is 0.706. The van der Waals surface area contributed by atoms with Gasteiger partial charge in [-0.05, 0) is 29.2 Å². The Morgan fingerprint density at radius 3 is 2.17 bits per heavy atom. The number of pyridine rings is 1. The number of rotatable bonds is 2. The second-order valence-electron chi connectivity index (χ2n) is 6.22.